The van der Waals surface area contributed by atoms with Crippen molar-refractivity contribution in [1.29, 1.82) is 0 Å². The van der Waals surface area contributed by atoms with Gasteiger partial charge >= 0.3 is 0 Å². The lowest BCUT2D eigenvalue weighted by Gasteiger charge is -2.14. The van der Waals surface area contributed by atoms with E-state index in [0.29, 0.717) is 10.8 Å². The Kier molecular flexibility index (Phi) is 4.40. The molecule has 0 aliphatic heterocycles. The topological polar surface area (TPSA) is 64.0 Å². The van der Waals surface area contributed by atoms with Crippen LogP contribution in [0.1, 0.15) is 41.5 Å². The van der Waals surface area contributed by atoms with Crippen LogP contribution in [0.25, 0.3) is 10.8 Å². The Hall–Kier alpha value is -2.95. The summed E-state index contributed by atoms with van der Waals surface area (Å²) in [6.45, 7) is 7.66. The number of amides is 1. The fourth-order valence-electron chi connectivity index (χ4n) is 2.78. The van der Waals surface area contributed by atoms with Crippen LogP contribution < -0.4 is 10.9 Å². The molecular formula is C20H21N3O2. The van der Waals surface area contributed by atoms with Gasteiger partial charge in [0.1, 0.15) is 0 Å². The van der Waals surface area contributed by atoms with E-state index in [1.54, 1.807) is 24.3 Å². The van der Waals surface area contributed by atoms with Gasteiger partial charge in [-0.2, -0.15) is 5.10 Å². The Labute approximate surface area is 146 Å². The Balaban J connectivity index is 2.14. The molecule has 0 atom stereocenters. The fraction of sp³-hybridized carbons (Fsp3) is 0.250. The minimum absolute atomic E-state index is 0.135. The number of nitrogens with zero attached hydrogens (tertiary/aromatic N) is 2. The van der Waals surface area contributed by atoms with Crippen LogP contribution in [-0.2, 0) is 0 Å². The second kappa shape index (κ2) is 6.51. The molecule has 0 radical (unpaired) electrons. The van der Waals surface area contributed by atoms with Crippen LogP contribution >= 0.6 is 0 Å². The maximum absolute atomic E-state index is 12.9. The lowest BCUT2D eigenvalue weighted by atomic mass is 10.1. The molecule has 1 amide bonds. The summed E-state index contributed by atoms with van der Waals surface area (Å²) < 4.78 is 1.36. The maximum Gasteiger partial charge on any atom is 0.276 e. The maximum atomic E-state index is 12.9. The third kappa shape index (κ3) is 3.18. The van der Waals surface area contributed by atoms with E-state index < -0.39 is 0 Å². The van der Waals surface area contributed by atoms with Crippen molar-refractivity contribution in [2.45, 2.75) is 33.7 Å². The highest BCUT2D eigenvalue weighted by molar-refractivity contribution is 6.11. The molecule has 3 aromatic rings. The molecule has 0 bridgehead atoms. The van der Waals surface area contributed by atoms with Gasteiger partial charge in [0.05, 0.1) is 11.4 Å². The second-order valence-corrected chi connectivity index (χ2v) is 6.51. The van der Waals surface area contributed by atoms with Crippen LogP contribution in [0.2, 0.25) is 0 Å². The van der Waals surface area contributed by atoms with E-state index in [4.69, 9.17) is 0 Å². The largest absolute Gasteiger partial charge is 0.320 e. The van der Waals surface area contributed by atoms with Gasteiger partial charge in [0.2, 0.25) is 0 Å². The van der Waals surface area contributed by atoms with Crippen molar-refractivity contribution in [3.05, 3.63) is 69.6 Å². The third-order valence-corrected chi connectivity index (χ3v) is 4.17. The number of hydrogen-bond acceptors (Lipinski definition) is 3. The number of nitrogens with one attached hydrogen (secondary N) is 1. The minimum atomic E-state index is -0.320. The van der Waals surface area contributed by atoms with Gasteiger partial charge in [0, 0.05) is 11.1 Å². The highest BCUT2D eigenvalue weighted by Crippen LogP contribution is 2.20. The summed E-state index contributed by atoms with van der Waals surface area (Å²) in [6.07, 6.45) is 0. The number of fused-ring (bicyclic) bond motifs is 1. The fourth-order valence-corrected chi connectivity index (χ4v) is 2.78. The highest BCUT2D eigenvalue weighted by atomic mass is 16.2. The molecule has 0 spiro atoms. The summed E-state index contributed by atoms with van der Waals surface area (Å²) in [5.41, 5.74) is 2.85. The van der Waals surface area contributed by atoms with E-state index in [2.05, 4.69) is 10.4 Å². The van der Waals surface area contributed by atoms with Gasteiger partial charge in [0.15, 0.2) is 5.69 Å². The normalized spacial score (nSPS) is 11.1. The van der Waals surface area contributed by atoms with Crippen molar-refractivity contribution in [3.8, 4) is 0 Å². The van der Waals surface area contributed by atoms with E-state index in [0.717, 1.165) is 16.8 Å². The molecule has 1 aromatic heterocycles. The number of carbonyl (C=O) groups is 1. The van der Waals surface area contributed by atoms with Crippen LogP contribution in [0.15, 0.2) is 47.3 Å². The van der Waals surface area contributed by atoms with Gasteiger partial charge < -0.3 is 5.32 Å². The second-order valence-electron chi connectivity index (χ2n) is 6.51. The summed E-state index contributed by atoms with van der Waals surface area (Å²) in [6, 6.07) is 12.8. The molecule has 0 saturated heterocycles. The van der Waals surface area contributed by atoms with Crippen LogP contribution in [0.3, 0.4) is 0 Å². The molecule has 1 N–H and O–H groups in total. The predicted molar refractivity (Wildman–Crippen MR) is 100 cm³/mol. The van der Waals surface area contributed by atoms with Crippen LogP contribution in [-0.4, -0.2) is 15.7 Å². The van der Waals surface area contributed by atoms with Crippen LogP contribution in [0.4, 0.5) is 5.69 Å². The van der Waals surface area contributed by atoms with E-state index in [1.165, 1.54) is 4.68 Å². The summed E-state index contributed by atoms with van der Waals surface area (Å²) >= 11 is 0. The molecule has 5 heteroatoms. The van der Waals surface area contributed by atoms with Crippen molar-refractivity contribution in [3.63, 3.8) is 0 Å². The lowest BCUT2D eigenvalue weighted by molar-refractivity contribution is 0.102. The van der Waals surface area contributed by atoms with Gasteiger partial charge in [-0.15, -0.1) is 0 Å². The van der Waals surface area contributed by atoms with Gasteiger partial charge in [0.25, 0.3) is 11.5 Å². The molecule has 0 saturated carbocycles. The molecule has 0 aliphatic carbocycles. The van der Waals surface area contributed by atoms with Crippen molar-refractivity contribution < 1.29 is 4.79 Å². The summed E-state index contributed by atoms with van der Waals surface area (Å²) in [5, 5.41) is 8.33. The van der Waals surface area contributed by atoms with E-state index in [9.17, 15) is 9.59 Å². The molecule has 3 rings (SSSR count). The smallest absolute Gasteiger partial charge is 0.276 e. The number of aryl methyl sites for hydroxylation is 2. The minimum Gasteiger partial charge on any atom is -0.320 e. The summed E-state index contributed by atoms with van der Waals surface area (Å²) in [4.78, 5) is 25.5. The molecule has 2 aromatic carbocycles. The zero-order chi connectivity index (χ0) is 18.1. The van der Waals surface area contributed by atoms with Gasteiger partial charge in [-0.05, 0) is 51.0 Å². The average molecular weight is 335 g/mol. The Morgan fingerprint density at radius 2 is 1.76 bits per heavy atom. The molecule has 0 aliphatic rings. The average Bonchev–Trinajstić information content (AvgIpc) is 2.58. The monoisotopic (exact) mass is 335 g/mol. The van der Waals surface area contributed by atoms with Crippen LogP contribution in [0.5, 0.6) is 0 Å². The predicted octanol–water partition coefficient (Wildman–Crippen LogP) is 3.85. The number of aromatic nitrogens is 2. The molecule has 0 fully saturated rings. The first-order valence-electron chi connectivity index (χ1n) is 8.28. The Morgan fingerprint density at radius 1 is 1.08 bits per heavy atom. The van der Waals surface area contributed by atoms with Crippen molar-refractivity contribution in [1.82, 2.24) is 9.78 Å². The number of anilines is 1. The summed E-state index contributed by atoms with van der Waals surface area (Å²) in [5.74, 6) is -0.320. The molecular weight excluding hydrogens is 314 g/mol. The number of rotatable bonds is 3. The SMILES string of the molecule is Cc1ccc(C)c(NC(=O)c2nn(C(C)C)c(=O)c3ccccc23)c1. The highest BCUT2D eigenvalue weighted by Gasteiger charge is 2.18. The molecule has 1 heterocycles. The quantitative estimate of drug-likeness (QED) is 0.791. The van der Waals surface area contributed by atoms with Crippen molar-refractivity contribution >= 4 is 22.4 Å². The zero-order valence-corrected chi connectivity index (χ0v) is 14.8. The molecule has 25 heavy (non-hydrogen) atoms. The van der Waals surface area contributed by atoms with Crippen LogP contribution in [0, 0.1) is 13.8 Å². The lowest BCUT2D eigenvalue weighted by Crippen LogP contribution is -2.29. The zero-order valence-electron chi connectivity index (χ0n) is 14.8. The number of carbonyl (C=O) groups excluding carboxylic acids is 1. The van der Waals surface area contributed by atoms with Gasteiger partial charge in [-0.25, -0.2) is 4.68 Å². The first-order valence-corrected chi connectivity index (χ1v) is 8.28. The molecule has 0 unspecified atom stereocenters. The third-order valence-electron chi connectivity index (χ3n) is 4.17. The first-order chi connectivity index (χ1) is 11.9. The standard InChI is InChI=1S/C20H21N3O2/c1-12(2)23-20(25)16-8-6-5-7-15(16)18(22-23)19(24)21-17-11-13(3)9-10-14(17)4/h5-12H,1-4H3,(H,21,24). The molecule has 5 nitrogen and oxygen atoms in total. The number of benzene rings is 2. The van der Waals surface area contributed by atoms with Gasteiger partial charge in [-0.3, -0.25) is 9.59 Å². The first kappa shape index (κ1) is 16.9. The Bertz CT molecular complexity index is 1020. The molecule has 128 valence electrons. The van der Waals surface area contributed by atoms with Crippen molar-refractivity contribution in [2.75, 3.05) is 5.32 Å². The van der Waals surface area contributed by atoms with Gasteiger partial charge in [-0.1, -0.05) is 30.3 Å². The van der Waals surface area contributed by atoms with E-state index in [1.807, 2.05) is 45.9 Å². The Morgan fingerprint density at radius 3 is 2.44 bits per heavy atom. The van der Waals surface area contributed by atoms with Crippen molar-refractivity contribution in [2.24, 2.45) is 0 Å². The summed E-state index contributed by atoms with van der Waals surface area (Å²) in [7, 11) is 0. The number of hydrogen-bond donors (Lipinski definition) is 1. The van der Waals surface area contributed by atoms with E-state index >= 15 is 0 Å². The van der Waals surface area contributed by atoms with E-state index in [-0.39, 0.29) is 23.2 Å².